The van der Waals surface area contributed by atoms with Gasteiger partial charge in [-0.3, -0.25) is 0 Å². The summed E-state index contributed by atoms with van der Waals surface area (Å²) in [6.45, 7) is 9.39. The van der Waals surface area contributed by atoms with Crippen molar-refractivity contribution in [3.05, 3.63) is 40.8 Å². The van der Waals surface area contributed by atoms with Crippen molar-refractivity contribution in [2.75, 3.05) is 18.5 Å². The molecule has 22 heavy (non-hydrogen) atoms. The van der Waals surface area contributed by atoms with Crippen LogP contribution in [0, 0.1) is 12.8 Å². The minimum atomic E-state index is -0.259. The highest BCUT2D eigenvalue weighted by Gasteiger charge is 2.21. The fourth-order valence-electron chi connectivity index (χ4n) is 2.14. The van der Waals surface area contributed by atoms with Crippen LogP contribution >= 0.6 is 11.3 Å². The molecule has 0 aliphatic rings. The number of anilines is 1. The Hall–Kier alpha value is -1.81. The summed E-state index contributed by atoms with van der Waals surface area (Å²) in [7, 11) is 0. The molecule has 1 heterocycles. The molecule has 1 aromatic carbocycles. The number of aryl methyl sites for hydroxylation is 1. The van der Waals surface area contributed by atoms with Gasteiger partial charge in [-0.25, -0.2) is 4.79 Å². The van der Waals surface area contributed by atoms with E-state index in [1.807, 2.05) is 24.4 Å². The zero-order chi connectivity index (χ0) is 16.1. The van der Waals surface area contributed by atoms with Crippen LogP contribution in [-0.4, -0.2) is 19.1 Å². The lowest BCUT2D eigenvalue weighted by molar-refractivity contribution is 0.0529. The van der Waals surface area contributed by atoms with Crippen molar-refractivity contribution < 1.29 is 9.53 Å². The van der Waals surface area contributed by atoms with Crippen LogP contribution in [0.1, 0.15) is 36.7 Å². The smallest absolute Gasteiger partial charge is 0.341 e. The summed E-state index contributed by atoms with van der Waals surface area (Å²) in [5.41, 5.74) is 3.84. The Kier molecular flexibility index (Phi) is 5.61. The van der Waals surface area contributed by atoms with Crippen molar-refractivity contribution in [1.82, 2.24) is 0 Å². The topological polar surface area (TPSA) is 38.3 Å². The van der Waals surface area contributed by atoms with E-state index >= 15 is 0 Å². The molecule has 2 rings (SSSR count). The first-order valence-corrected chi connectivity index (χ1v) is 8.50. The molecule has 0 radical (unpaired) electrons. The van der Waals surface area contributed by atoms with Gasteiger partial charge in [0.25, 0.3) is 0 Å². The Bertz CT molecular complexity index is 629. The van der Waals surface area contributed by atoms with E-state index < -0.39 is 0 Å². The van der Waals surface area contributed by atoms with Crippen LogP contribution in [0.3, 0.4) is 0 Å². The first-order chi connectivity index (χ1) is 10.5. The Morgan fingerprint density at radius 1 is 1.27 bits per heavy atom. The van der Waals surface area contributed by atoms with E-state index in [1.165, 1.54) is 5.56 Å². The molecule has 2 aromatic rings. The van der Waals surface area contributed by atoms with Gasteiger partial charge in [-0.2, -0.15) is 0 Å². The van der Waals surface area contributed by atoms with Gasteiger partial charge in [0.15, 0.2) is 0 Å². The SMILES string of the molecule is CCOC(=O)c1c(-c2ccc(C)cc2)csc1NCC(C)C. The Balaban J connectivity index is 2.40. The first kappa shape index (κ1) is 16.6. The van der Waals surface area contributed by atoms with Crippen LogP contribution in [0.2, 0.25) is 0 Å². The van der Waals surface area contributed by atoms with E-state index in [0.29, 0.717) is 18.1 Å². The second-order valence-electron chi connectivity index (χ2n) is 5.71. The lowest BCUT2D eigenvalue weighted by atomic mass is 10.0. The van der Waals surface area contributed by atoms with Crippen LogP contribution < -0.4 is 5.32 Å². The minimum Gasteiger partial charge on any atom is -0.462 e. The number of carbonyl (C=O) groups excluding carboxylic acids is 1. The molecule has 0 bridgehead atoms. The fraction of sp³-hybridized carbons (Fsp3) is 0.389. The summed E-state index contributed by atoms with van der Waals surface area (Å²) in [6.07, 6.45) is 0. The van der Waals surface area contributed by atoms with Crippen molar-refractivity contribution in [2.45, 2.75) is 27.7 Å². The number of rotatable bonds is 6. The van der Waals surface area contributed by atoms with E-state index in [-0.39, 0.29) is 5.97 Å². The summed E-state index contributed by atoms with van der Waals surface area (Å²) in [4.78, 5) is 12.4. The molecule has 0 aliphatic carbocycles. The van der Waals surface area contributed by atoms with Crippen LogP contribution in [0.5, 0.6) is 0 Å². The van der Waals surface area contributed by atoms with Gasteiger partial charge in [0.2, 0.25) is 0 Å². The van der Waals surface area contributed by atoms with Gasteiger partial charge in [-0.05, 0) is 25.3 Å². The fourth-order valence-corrected chi connectivity index (χ4v) is 3.10. The lowest BCUT2D eigenvalue weighted by Gasteiger charge is -2.11. The molecule has 4 heteroatoms. The predicted octanol–water partition coefficient (Wildman–Crippen LogP) is 4.97. The average Bonchev–Trinajstić information content (AvgIpc) is 2.90. The normalized spacial score (nSPS) is 10.8. The molecule has 0 saturated carbocycles. The maximum absolute atomic E-state index is 12.4. The maximum Gasteiger partial charge on any atom is 0.341 e. The minimum absolute atomic E-state index is 0.259. The van der Waals surface area contributed by atoms with Gasteiger partial charge in [-0.15, -0.1) is 11.3 Å². The molecule has 0 fully saturated rings. The third-order valence-electron chi connectivity index (χ3n) is 3.30. The second kappa shape index (κ2) is 7.45. The number of esters is 1. The van der Waals surface area contributed by atoms with Crippen LogP contribution in [0.25, 0.3) is 11.1 Å². The number of nitrogens with one attached hydrogen (secondary N) is 1. The molecular formula is C18H23NO2S. The van der Waals surface area contributed by atoms with Crippen molar-refractivity contribution in [1.29, 1.82) is 0 Å². The highest BCUT2D eigenvalue weighted by Crippen LogP contribution is 2.36. The summed E-state index contributed by atoms with van der Waals surface area (Å²) in [5.74, 6) is 0.255. The Labute approximate surface area is 136 Å². The van der Waals surface area contributed by atoms with Gasteiger partial charge in [0, 0.05) is 17.5 Å². The number of ether oxygens (including phenoxy) is 1. The van der Waals surface area contributed by atoms with Gasteiger partial charge in [-0.1, -0.05) is 43.7 Å². The monoisotopic (exact) mass is 317 g/mol. The molecule has 0 unspecified atom stereocenters. The molecule has 0 saturated heterocycles. The Morgan fingerprint density at radius 3 is 2.55 bits per heavy atom. The predicted molar refractivity (Wildman–Crippen MR) is 93.8 cm³/mol. The molecule has 0 aliphatic heterocycles. The van der Waals surface area contributed by atoms with Crippen LogP contribution in [-0.2, 0) is 4.74 Å². The third kappa shape index (κ3) is 3.89. The summed E-state index contributed by atoms with van der Waals surface area (Å²) in [5, 5.41) is 6.29. The van der Waals surface area contributed by atoms with Crippen molar-refractivity contribution >= 4 is 22.3 Å². The molecule has 1 aromatic heterocycles. The highest BCUT2D eigenvalue weighted by atomic mass is 32.1. The largest absolute Gasteiger partial charge is 0.462 e. The van der Waals surface area contributed by atoms with E-state index in [2.05, 4.69) is 38.2 Å². The number of hydrogen-bond acceptors (Lipinski definition) is 4. The Morgan fingerprint density at radius 2 is 1.95 bits per heavy atom. The lowest BCUT2D eigenvalue weighted by Crippen LogP contribution is -2.12. The standard InChI is InChI=1S/C18H23NO2S/c1-5-21-18(20)16-15(14-8-6-13(4)7-9-14)11-22-17(16)19-10-12(2)3/h6-9,11-12,19H,5,10H2,1-4H3. The third-order valence-corrected chi connectivity index (χ3v) is 4.24. The number of benzene rings is 1. The van der Waals surface area contributed by atoms with Crippen molar-refractivity contribution in [3.63, 3.8) is 0 Å². The van der Waals surface area contributed by atoms with E-state index in [1.54, 1.807) is 11.3 Å². The van der Waals surface area contributed by atoms with Gasteiger partial charge in [0.05, 0.1) is 6.61 Å². The molecule has 0 amide bonds. The molecule has 1 N–H and O–H groups in total. The van der Waals surface area contributed by atoms with Crippen LogP contribution in [0.15, 0.2) is 29.6 Å². The van der Waals surface area contributed by atoms with Gasteiger partial charge < -0.3 is 10.1 Å². The number of hydrogen-bond donors (Lipinski definition) is 1. The summed E-state index contributed by atoms with van der Waals surface area (Å²) in [6, 6.07) is 8.21. The van der Waals surface area contributed by atoms with Crippen molar-refractivity contribution in [2.24, 2.45) is 5.92 Å². The maximum atomic E-state index is 12.4. The number of thiophene rings is 1. The van der Waals surface area contributed by atoms with Crippen molar-refractivity contribution in [3.8, 4) is 11.1 Å². The average molecular weight is 317 g/mol. The quantitative estimate of drug-likeness (QED) is 0.765. The van der Waals surface area contributed by atoms with E-state index in [4.69, 9.17) is 4.74 Å². The number of carbonyl (C=O) groups is 1. The first-order valence-electron chi connectivity index (χ1n) is 7.62. The molecule has 3 nitrogen and oxygen atoms in total. The molecule has 0 spiro atoms. The van der Waals surface area contributed by atoms with E-state index in [0.717, 1.165) is 22.7 Å². The zero-order valence-corrected chi connectivity index (χ0v) is 14.4. The summed E-state index contributed by atoms with van der Waals surface area (Å²) < 4.78 is 5.25. The molecule has 0 atom stereocenters. The van der Waals surface area contributed by atoms with Gasteiger partial charge >= 0.3 is 5.97 Å². The second-order valence-corrected chi connectivity index (χ2v) is 6.59. The van der Waals surface area contributed by atoms with E-state index in [9.17, 15) is 4.79 Å². The van der Waals surface area contributed by atoms with Crippen LogP contribution in [0.4, 0.5) is 5.00 Å². The molecule has 118 valence electrons. The summed E-state index contributed by atoms with van der Waals surface area (Å²) >= 11 is 1.56. The highest BCUT2D eigenvalue weighted by molar-refractivity contribution is 7.15. The zero-order valence-electron chi connectivity index (χ0n) is 13.6. The van der Waals surface area contributed by atoms with Gasteiger partial charge in [0.1, 0.15) is 10.6 Å². The molecular weight excluding hydrogens is 294 g/mol.